The van der Waals surface area contributed by atoms with Crippen LogP contribution in [0.5, 0.6) is 11.5 Å². The second kappa shape index (κ2) is 8.76. The van der Waals surface area contributed by atoms with Crippen molar-refractivity contribution in [1.29, 1.82) is 0 Å². The van der Waals surface area contributed by atoms with Crippen molar-refractivity contribution >= 4 is 29.0 Å². The van der Waals surface area contributed by atoms with Gasteiger partial charge in [-0.05, 0) is 64.7 Å². The second-order valence-electron chi connectivity index (χ2n) is 6.78. The first-order valence-electron chi connectivity index (χ1n) is 9.34. The van der Waals surface area contributed by atoms with Crippen molar-refractivity contribution < 1.29 is 14.3 Å². The predicted molar refractivity (Wildman–Crippen MR) is 115 cm³/mol. The highest BCUT2D eigenvalue weighted by Crippen LogP contribution is 2.32. The third-order valence-electron chi connectivity index (χ3n) is 4.77. The molecule has 1 aliphatic rings. The zero-order chi connectivity index (χ0) is 20.2. The average molecular weight is 429 g/mol. The third-order valence-corrected chi connectivity index (χ3v) is 5.72. The standard InChI is InChI=1S/C22H21ClN2O3S/c1-14(16-4-7-19-20(12-16)28-10-9-27-19)24-22(26)25-21(17-8-11-29-13-17)15-2-5-18(23)6-3-15/h2-8,11-14,21H,9-10H2,1H3,(H2,24,25,26). The summed E-state index contributed by atoms with van der Waals surface area (Å²) in [6, 6.07) is 14.5. The van der Waals surface area contributed by atoms with E-state index in [0.29, 0.717) is 24.0 Å². The topological polar surface area (TPSA) is 59.6 Å². The molecule has 2 N–H and O–H groups in total. The van der Waals surface area contributed by atoms with Gasteiger partial charge in [0.05, 0.1) is 12.1 Å². The van der Waals surface area contributed by atoms with Crippen molar-refractivity contribution in [3.8, 4) is 11.5 Å². The maximum atomic E-state index is 12.8. The first-order chi connectivity index (χ1) is 14.1. The summed E-state index contributed by atoms with van der Waals surface area (Å²) in [5, 5.41) is 10.8. The highest BCUT2D eigenvalue weighted by molar-refractivity contribution is 7.08. The molecule has 2 atom stereocenters. The van der Waals surface area contributed by atoms with Gasteiger partial charge in [0.2, 0.25) is 0 Å². The summed E-state index contributed by atoms with van der Waals surface area (Å²) in [6.45, 7) is 3.02. The molecule has 0 aliphatic carbocycles. The van der Waals surface area contributed by atoms with Crippen molar-refractivity contribution in [1.82, 2.24) is 10.6 Å². The van der Waals surface area contributed by atoms with Gasteiger partial charge in [-0.25, -0.2) is 4.79 Å². The molecular formula is C22H21ClN2O3S. The number of hydrogen-bond donors (Lipinski definition) is 2. The lowest BCUT2D eigenvalue weighted by atomic mass is 10.0. The maximum Gasteiger partial charge on any atom is 0.316 e. The molecule has 7 heteroatoms. The van der Waals surface area contributed by atoms with E-state index in [1.807, 2.05) is 66.2 Å². The number of urea groups is 1. The van der Waals surface area contributed by atoms with Gasteiger partial charge in [0, 0.05) is 5.02 Å². The minimum atomic E-state index is -0.258. The van der Waals surface area contributed by atoms with Gasteiger partial charge in [0.1, 0.15) is 13.2 Å². The number of amides is 2. The molecule has 0 fully saturated rings. The summed E-state index contributed by atoms with van der Waals surface area (Å²) >= 11 is 7.61. The molecule has 4 rings (SSSR count). The Morgan fingerprint density at radius 2 is 1.69 bits per heavy atom. The monoisotopic (exact) mass is 428 g/mol. The first kappa shape index (κ1) is 19.6. The van der Waals surface area contributed by atoms with Crippen LogP contribution in [0.4, 0.5) is 4.79 Å². The molecule has 29 heavy (non-hydrogen) atoms. The molecule has 2 amide bonds. The van der Waals surface area contributed by atoms with Crippen LogP contribution in [0.3, 0.4) is 0 Å². The van der Waals surface area contributed by atoms with Gasteiger partial charge in [0.25, 0.3) is 0 Å². The van der Waals surface area contributed by atoms with Gasteiger partial charge in [-0.2, -0.15) is 11.3 Å². The number of hydrogen-bond acceptors (Lipinski definition) is 4. The van der Waals surface area contributed by atoms with Crippen LogP contribution in [0, 0.1) is 0 Å². The maximum absolute atomic E-state index is 12.8. The number of carbonyl (C=O) groups excluding carboxylic acids is 1. The van der Waals surface area contributed by atoms with Crippen LogP contribution in [0.1, 0.15) is 35.7 Å². The Labute approximate surface area is 178 Å². The van der Waals surface area contributed by atoms with Crippen LogP contribution >= 0.6 is 22.9 Å². The van der Waals surface area contributed by atoms with Crippen LogP contribution in [0.15, 0.2) is 59.3 Å². The Hall–Kier alpha value is -2.70. The molecule has 1 aliphatic heterocycles. The van der Waals surface area contributed by atoms with Crippen LogP contribution in [-0.4, -0.2) is 19.2 Å². The molecule has 1 aromatic heterocycles. The smallest absolute Gasteiger partial charge is 0.316 e. The van der Waals surface area contributed by atoms with E-state index in [9.17, 15) is 4.79 Å². The quantitative estimate of drug-likeness (QED) is 0.578. The van der Waals surface area contributed by atoms with Crippen LogP contribution in [0.2, 0.25) is 5.02 Å². The van der Waals surface area contributed by atoms with Gasteiger partial charge in [-0.1, -0.05) is 29.8 Å². The lowest BCUT2D eigenvalue weighted by molar-refractivity contribution is 0.171. The highest BCUT2D eigenvalue weighted by Gasteiger charge is 2.20. The normalized spacial score (nSPS) is 14.7. The molecule has 0 bridgehead atoms. The number of rotatable bonds is 5. The van der Waals surface area contributed by atoms with E-state index in [4.69, 9.17) is 21.1 Å². The molecule has 5 nitrogen and oxygen atoms in total. The highest BCUT2D eigenvalue weighted by atomic mass is 35.5. The van der Waals surface area contributed by atoms with Crippen molar-refractivity contribution in [2.75, 3.05) is 13.2 Å². The molecule has 2 unspecified atom stereocenters. The van der Waals surface area contributed by atoms with Gasteiger partial charge in [0.15, 0.2) is 11.5 Å². The van der Waals surface area contributed by atoms with E-state index < -0.39 is 0 Å². The van der Waals surface area contributed by atoms with Crippen LogP contribution in [0.25, 0.3) is 0 Å². The molecule has 0 radical (unpaired) electrons. The molecule has 0 spiro atoms. The number of benzene rings is 2. The van der Waals surface area contributed by atoms with Gasteiger partial charge >= 0.3 is 6.03 Å². The van der Waals surface area contributed by atoms with E-state index in [-0.39, 0.29) is 18.1 Å². The number of fused-ring (bicyclic) bond motifs is 1. The molecular weight excluding hydrogens is 408 g/mol. The summed E-state index contributed by atoms with van der Waals surface area (Å²) in [4.78, 5) is 12.8. The number of ether oxygens (including phenoxy) is 2. The lowest BCUT2D eigenvalue weighted by Crippen LogP contribution is -2.39. The van der Waals surface area contributed by atoms with E-state index in [1.54, 1.807) is 11.3 Å². The third kappa shape index (κ3) is 4.66. The molecule has 3 aromatic rings. The lowest BCUT2D eigenvalue weighted by Gasteiger charge is -2.23. The van der Waals surface area contributed by atoms with Crippen molar-refractivity contribution in [3.63, 3.8) is 0 Å². The van der Waals surface area contributed by atoms with Gasteiger partial charge < -0.3 is 20.1 Å². The number of carbonyl (C=O) groups is 1. The zero-order valence-electron chi connectivity index (χ0n) is 15.9. The fourth-order valence-corrected chi connectivity index (χ4v) is 4.05. The zero-order valence-corrected chi connectivity index (χ0v) is 17.4. The van der Waals surface area contributed by atoms with Crippen LogP contribution < -0.4 is 20.1 Å². The molecule has 0 saturated carbocycles. The Balaban J connectivity index is 1.47. The Bertz CT molecular complexity index is 976. The number of halogens is 1. The Morgan fingerprint density at radius 1 is 0.966 bits per heavy atom. The second-order valence-corrected chi connectivity index (χ2v) is 8.00. The average Bonchev–Trinajstić information content (AvgIpc) is 3.27. The largest absolute Gasteiger partial charge is 0.486 e. The molecule has 150 valence electrons. The minimum Gasteiger partial charge on any atom is -0.486 e. The fraction of sp³-hybridized carbons (Fsp3) is 0.227. The molecule has 2 heterocycles. The molecule has 2 aromatic carbocycles. The van der Waals surface area contributed by atoms with E-state index in [2.05, 4.69) is 10.6 Å². The van der Waals surface area contributed by atoms with E-state index in [0.717, 1.165) is 22.4 Å². The predicted octanol–water partition coefficient (Wildman–Crippen LogP) is 5.32. The fourth-order valence-electron chi connectivity index (χ4n) is 3.24. The molecule has 0 saturated heterocycles. The number of thiophene rings is 1. The Kier molecular flexibility index (Phi) is 5.92. The summed E-state index contributed by atoms with van der Waals surface area (Å²) in [7, 11) is 0. The van der Waals surface area contributed by atoms with Crippen molar-refractivity contribution in [3.05, 3.63) is 81.0 Å². The summed E-state index contributed by atoms with van der Waals surface area (Å²) in [5.74, 6) is 1.44. The van der Waals surface area contributed by atoms with Crippen molar-refractivity contribution in [2.24, 2.45) is 0 Å². The minimum absolute atomic E-state index is 0.195. The summed E-state index contributed by atoms with van der Waals surface area (Å²) in [6.07, 6.45) is 0. The Morgan fingerprint density at radius 3 is 2.41 bits per heavy atom. The first-order valence-corrected chi connectivity index (χ1v) is 10.7. The SMILES string of the molecule is CC(NC(=O)NC(c1ccc(Cl)cc1)c1ccsc1)c1ccc2c(c1)OCCO2. The summed E-state index contributed by atoms with van der Waals surface area (Å²) < 4.78 is 11.2. The van der Waals surface area contributed by atoms with E-state index in [1.165, 1.54) is 0 Å². The van der Waals surface area contributed by atoms with Crippen molar-refractivity contribution in [2.45, 2.75) is 19.0 Å². The van der Waals surface area contributed by atoms with Gasteiger partial charge in [-0.3, -0.25) is 0 Å². The number of nitrogens with one attached hydrogen (secondary N) is 2. The summed E-state index contributed by atoms with van der Waals surface area (Å²) in [5.41, 5.74) is 2.94. The van der Waals surface area contributed by atoms with E-state index >= 15 is 0 Å². The van der Waals surface area contributed by atoms with Crippen LogP contribution in [-0.2, 0) is 0 Å². The van der Waals surface area contributed by atoms with Gasteiger partial charge in [-0.15, -0.1) is 0 Å².